The van der Waals surface area contributed by atoms with Gasteiger partial charge in [0.1, 0.15) is 0 Å². The predicted molar refractivity (Wildman–Crippen MR) is 94.1 cm³/mol. The van der Waals surface area contributed by atoms with Gasteiger partial charge < -0.3 is 29.8 Å². The summed E-state index contributed by atoms with van der Waals surface area (Å²) in [5.41, 5.74) is 7.80. The predicted octanol–water partition coefficient (Wildman–Crippen LogP) is 3.18. The topological polar surface area (TPSA) is 83.2 Å². The number of methoxy groups -OCH3 is 4. The van der Waals surface area contributed by atoms with E-state index in [1.165, 1.54) is 7.11 Å². The quantitative estimate of drug-likeness (QED) is 0.625. The molecule has 0 fully saturated rings. The maximum absolute atomic E-state index is 9.91. The molecule has 0 spiro atoms. The smallest absolute Gasteiger partial charge is 0.203 e. The van der Waals surface area contributed by atoms with E-state index in [0.29, 0.717) is 22.9 Å². The van der Waals surface area contributed by atoms with Crippen LogP contribution in [0, 0.1) is 0 Å². The molecule has 0 aromatic heterocycles. The highest BCUT2D eigenvalue weighted by atomic mass is 16.5. The van der Waals surface area contributed by atoms with E-state index in [4.69, 9.17) is 24.7 Å². The van der Waals surface area contributed by atoms with Crippen LogP contribution in [-0.2, 0) is 0 Å². The minimum absolute atomic E-state index is 0.0120. The number of nitrogens with two attached hydrogens (primary N) is 1. The highest BCUT2D eigenvalue weighted by Crippen LogP contribution is 2.39. The summed E-state index contributed by atoms with van der Waals surface area (Å²) in [6, 6.07) is 6.94. The van der Waals surface area contributed by atoms with Crippen molar-refractivity contribution in [1.29, 1.82) is 0 Å². The minimum atomic E-state index is -0.0120. The first kappa shape index (κ1) is 17.3. The normalized spacial score (nSPS) is 10.7. The highest BCUT2D eigenvalue weighted by Gasteiger charge is 2.12. The summed E-state index contributed by atoms with van der Waals surface area (Å²) < 4.78 is 21.0. The Kier molecular flexibility index (Phi) is 5.42. The van der Waals surface area contributed by atoms with Crippen LogP contribution in [0.1, 0.15) is 11.1 Å². The molecule has 0 heterocycles. The summed E-state index contributed by atoms with van der Waals surface area (Å²) >= 11 is 0. The third-order valence-electron chi connectivity index (χ3n) is 3.48. The molecule has 0 atom stereocenters. The Balaban J connectivity index is 2.39. The Labute approximate surface area is 141 Å². The standard InChI is InChI=1S/C18H21NO5/c1-21-15-9-12(10-16(22-2)18(15)24-4)6-5-11-7-13(19)17(23-3)14(20)8-11/h5-10,20H,19H2,1-4H3. The van der Waals surface area contributed by atoms with Crippen LogP contribution in [0.2, 0.25) is 0 Å². The van der Waals surface area contributed by atoms with Crippen molar-refractivity contribution in [1.82, 2.24) is 0 Å². The second kappa shape index (κ2) is 7.50. The van der Waals surface area contributed by atoms with E-state index in [9.17, 15) is 5.11 Å². The van der Waals surface area contributed by atoms with Crippen LogP contribution in [0.15, 0.2) is 24.3 Å². The number of ether oxygens (including phenoxy) is 4. The van der Waals surface area contributed by atoms with Gasteiger partial charge in [-0.3, -0.25) is 0 Å². The minimum Gasteiger partial charge on any atom is -0.504 e. The molecular formula is C18H21NO5. The van der Waals surface area contributed by atoms with Gasteiger partial charge in [-0.15, -0.1) is 0 Å². The summed E-state index contributed by atoms with van der Waals surface area (Å²) in [7, 11) is 6.13. The average Bonchev–Trinajstić information content (AvgIpc) is 2.58. The van der Waals surface area contributed by atoms with Gasteiger partial charge in [0.25, 0.3) is 0 Å². The fraction of sp³-hybridized carbons (Fsp3) is 0.222. The molecule has 2 rings (SSSR count). The van der Waals surface area contributed by atoms with Gasteiger partial charge in [0.05, 0.1) is 34.1 Å². The van der Waals surface area contributed by atoms with Crippen molar-refractivity contribution in [3.05, 3.63) is 35.4 Å². The number of benzene rings is 2. The average molecular weight is 331 g/mol. The SMILES string of the molecule is COc1cc(C=Cc2cc(N)c(OC)c(O)c2)cc(OC)c1OC. The zero-order valence-corrected chi connectivity index (χ0v) is 14.1. The number of anilines is 1. The van der Waals surface area contributed by atoms with Crippen molar-refractivity contribution >= 4 is 17.8 Å². The molecule has 0 aliphatic rings. The first-order valence-electron chi connectivity index (χ1n) is 7.18. The molecule has 2 aromatic carbocycles. The van der Waals surface area contributed by atoms with Crippen molar-refractivity contribution in [2.24, 2.45) is 0 Å². The molecule has 0 unspecified atom stereocenters. The van der Waals surface area contributed by atoms with Crippen molar-refractivity contribution < 1.29 is 24.1 Å². The van der Waals surface area contributed by atoms with Crippen molar-refractivity contribution in [3.63, 3.8) is 0 Å². The lowest BCUT2D eigenvalue weighted by Crippen LogP contribution is -1.95. The first-order chi connectivity index (χ1) is 11.5. The van der Waals surface area contributed by atoms with Crippen LogP contribution in [0.25, 0.3) is 12.2 Å². The molecule has 0 saturated carbocycles. The molecule has 128 valence electrons. The van der Waals surface area contributed by atoms with Crippen LogP contribution < -0.4 is 24.7 Å². The van der Waals surface area contributed by atoms with Crippen LogP contribution in [0.5, 0.6) is 28.7 Å². The molecule has 0 aliphatic carbocycles. The van der Waals surface area contributed by atoms with Crippen LogP contribution >= 0.6 is 0 Å². The lowest BCUT2D eigenvalue weighted by atomic mass is 10.1. The van der Waals surface area contributed by atoms with E-state index in [0.717, 1.165) is 11.1 Å². The van der Waals surface area contributed by atoms with Gasteiger partial charge in [0, 0.05) is 0 Å². The zero-order valence-electron chi connectivity index (χ0n) is 14.1. The molecule has 3 N–H and O–H groups in total. The second-order valence-electron chi connectivity index (χ2n) is 4.95. The number of nitrogen functional groups attached to an aromatic ring is 1. The molecule has 24 heavy (non-hydrogen) atoms. The van der Waals surface area contributed by atoms with E-state index in [1.54, 1.807) is 33.5 Å². The summed E-state index contributed by atoms with van der Waals surface area (Å²) in [6.07, 6.45) is 3.67. The van der Waals surface area contributed by atoms with Crippen molar-refractivity contribution in [2.45, 2.75) is 0 Å². The van der Waals surface area contributed by atoms with E-state index < -0.39 is 0 Å². The van der Waals surface area contributed by atoms with Gasteiger partial charge in [-0.2, -0.15) is 0 Å². The molecule has 0 radical (unpaired) electrons. The van der Waals surface area contributed by atoms with E-state index in [-0.39, 0.29) is 11.5 Å². The van der Waals surface area contributed by atoms with Gasteiger partial charge in [-0.25, -0.2) is 0 Å². The molecule has 0 aliphatic heterocycles. The number of hydrogen-bond donors (Lipinski definition) is 2. The number of hydrogen-bond acceptors (Lipinski definition) is 6. The summed E-state index contributed by atoms with van der Waals surface area (Å²) in [5.74, 6) is 1.91. The molecule has 0 bridgehead atoms. The van der Waals surface area contributed by atoms with E-state index in [1.807, 2.05) is 24.3 Å². The van der Waals surface area contributed by atoms with Crippen LogP contribution in [0.4, 0.5) is 5.69 Å². The number of phenols is 1. The summed E-state index contributed by atoms with van der Waals surface area (Å²) in [5, 5.41) is 9.91. The Hall–Kier alpha value is -3.02. The van der Waals surface area contributed by atoms with E-state index in [2.05, 4.69) is 0 Å². The van der Waals surface area contributed by atoms with Crippen LogP contribution in [0.3, 0.4) is 0 Å². The Bertz CT molecular complexity index is 707. The van der Waals surface area contributed by atoms with Gasteiger partial charge >= 0.3 is 0 Å². The van der Waals surface area contributed by atoms with Gasteiger partial charge in [-0.1, -0.05) is 12.2 Å². The number of aromatic hydroxyl groups is 1. The van der Waals surface area contributed by atoms with Gasteiger partial charge in [-0.05, 0) is 35.4 Å². The fourth-order valence-corrected chi connectivity index (χ4v) is 2.37. The number of phenolic OH excluding ortho intramolecular Hbond substituents is 1. The van der Waals surface area contributed by atoms with Crippen LogP contribution in [-0.4, -0.2) is 33.5 Å². The molecule has 0 saturated heterocycles. The maximum Gasteiger partial charge on any atom is 0.203 e. The largest absolute Gasteiger partial charge is 0.504 e. The van der Waals surface area contributed by atoms with Gasteiger partial charge in [0.2, 0.25) is 5.75 Å². The molecule has 0 amide bonds. The Morgan fingerprint density at radius 1 is 0.750 bits per heavy atom. The monoisotopic (exact) mass is 331 g/mol. The zero-order chi connectivity index (χ0) is 17.7. The molecular weight excluding hydrogens is 310 g/mol. The highest BCUT2D eigenvalue weighted by molar-refractivity contribution is 5.76. The second-order valence-corrected chi connectivity index (χ2v) is 4.95. The lowest BCUT2D eigenvalue weighted by molar-refractivity contribution is 0.324. The van der Waals surface area contributed by atoms with Crippen molar-refractivity contribution in [2.75, 3.05) is 34.2 Å². The molecule has 6 nitrogen and oxygen atoms in total. The fourth-order valence-electron chi connectivity index (χ4n) is 2.37. The maximum atomic E-state index is 9.91. The third kappa shape index (κ3) is 3.48. The molecule has 2 aromatic rings. The summed E-state index contributed by atoms with van der Waals surface area (Å²) in [4.78, 5) is 0. The Morgan fingerprint density at radius 2 is 1.25 bits per heavy atom. The first-order valence-corrected chi connectivity index (χ1v) is 7.18. The summed E-state index contributed by atoms with van der Waals surface area (Å²) in [6.45, 7) is 0. The van der Waals surface area contributed by atoms with Crippen molar-refractivity contribution in [3.8, 4) is 28.7 Å². The number of rotatable bonds is 6. The lowest BCUT2D eigenvalue weighted by Gasteiger charge is -2.13. The third-order valence-corrected chi connectivity index (χ3v) is 3.48. The van der Waals surface area contributed by atoms with E-state index >= 15 is 0 Å². The van der Waals surface area contributed by atoms with Gasteiger partial charge in [0.15, 0.2) is 23.0 Å². The molecule has 6 heteroatoms. The Morgan fingerprint density at radius 3 is 1.67 bits per heavy atom.